The van der Waals surface area contributed by atoms with Crippen LogP contribution >= 0.6 is 0 Å². The molecule has 0 aromatic heterocycles. The first kappa shape index (κ1) is 26.5. The lowest BCUT2D eigenvalue weighted by molar-refractivity contribution is -0.156. The van der Waals surface area contributed by atoms with E-state index < -0.39 is 17.4 Å². The standard InChI is InChI=1S/C28H42N4O4/c1-27(2,3)24(29-25(34)22(18-32(36)19-33)16-20-8-4-5-9-20)26(35)31-14-12-28(13-15-31)17-21-10-6-7-11-23(21)30-28/h6-7,10-11,19-20,22,24,30,36H,4-5,8-9,12-18H2,1-3H3,(H,29,34)/t22-,24-/m1/s1. The molecule has 0 unspecified atom stereocenters. The van der Waals surface area contributed by atoms with Crippen LogP contribution in [0.25, 0.3) is 0 Å². The lowest BCUT2D eigenvalue weighted by Gasteiger charge is -2.43. The maximum atomic E-state index is 13.7. The molecule has 3 aliphatic rings. The molecule has 0 bridgehead atoms. The van der Waals surface area contributed by atoms with Crippen molar-refractivity contribution in [3.05, 3.63) is 29.8 Å². The van der Waals surface area contributed by atoms with Gasteiger partial charge < -0.3 is 15.5 Å². The van der Waals surface area contributed by atoms with E-state index in [1.165, 1.54) is 11.3 Å². The zero-order valence-electron chi connectivity index (χ0n) is 22.0. The van der Waals surface area contributed by atoms with Crippen LogP contribution in [0.5, 0.6) is 0 Å². The number of benzene rings is 1. The molecule has 1 aromatic carbocycles. The highest BCUT2D eigenvalue weighted by atomic mass is 16.5. The van der Waals surface area contributed by atoms with Crippen LogP contribution in [-0.4, -0.2) is 64.6 Å². The molecular formula is C28H42N4O4. The van der Waals surface area contributed by atoms with Crippen LogP contribution in [0.4, 0.5) is 5.69 Å². The van der Waals surface area contributed by atoms with Gasteiger partial charge in [0, 0.05) is 24.3 Å². The van der Waals surface area contributed by atoms with Crippen LogP contribution in [0.3, 0.4) is 0 Å². The number of hydroxylamine groups is 2. The quantitative estimate of drug-likeness (QED) is 0.289. The van der Waals surface area contributed by atoms with Gasteiger partial charge in [0.25, 0.3) is 0 Å². The van der Waals surface area contributed by atoms with E-state index in [0.717, 1.165) is 44.9 Å². The Kier molecular flexibility index (Phi) is 7.93. The van der Waals surface area contributed by atoms with Gasteiger partial charge in [-0.1, -0.05) is 64.7 Å². The van der Waals surface area contributed by atoms with E-state index in [2.05, 4.69) is 28.8 Å². The van der Waals surface area contributed by atoms with Crippen LogP contribution in [-0.2, 0) is 20.8 Å². The average Bonchev–Trinajstić information content (AvgIpc) is 3.48. The molecule has 1 saturated heterocycles. The van der Waals surface area contributed by atoms with E-state index in [4.69, 9.17) is 0 Å². The zero-order valence-corrected chi connectivity index (χ0v) is 22.0. The number of fused-ring (bicyclic) bond motifs is 1. The van der Waals surface area contributed by atoms with Gasteiger partial charge in [0.2, 0.25) is 18.2 Å². The third-order valence-electron chi connectivity index (χ3n) is 8.37. The summed E-state index contributed by atoms with van der Waals surface area (Å²) < 4.78 is 0. The molecule has 36 heavy (non-hydrogen) atoms. The Morgan fingerprint density at radius 2 is 1.89 bits per heavy atom. The highest BCUT2D eigenvalue weighted by molar-refractivity contribution is 5.89. The van der Waals surface area contributed by atoms with Gasteiger partial charge in [-0.2, -0.15) is 0 Å². The molecule has 3 amide bonds. The van der Waals surface area contributed by atoms with E-state index in [9.17, 15) is 19.6 Å². The minimum absolute atomic E-state index is 0.00721. The third-order valence-corrected chi connectivity index (χ3v) is 8.37. The van der Waals surface area contributed by atoms with Gasteiger partial charge in [0.05, 0.1) is 12.5 Å². The average molecular weight is 499 g/mol. The smallest absolute Gasteiger partial charge is 0.245 e. The molecule has 2 aliphatic heterocycles. The van der Waals surface area contributed by atoms with E-state index in [1.54, 1.807) is 0 Å². The number of amides is 3. The number of anilines is 1. The second kappa shape index (κ2) is 10.8. The molecule has 1 aromatic rings. The normalized spacial score (nSPS) is 20.9. The highest BCUT2D eigenvalue weighted by Crippen LogP contribution is 2.39. The first-order valence-corrected chi connectivity index (χ1v) is 13.5. The predicted octanol–water partition coefficient (Wildman–Crippen LogP) is 3.59. The SMILES string of the molecule is CC(C)(C)[C@H](NC(=O)[C@H](CC1CCCC1)CN(O)C=O)C(=O)N1CCC2(CC1)Cc1ccccc1N2. The van der Waals surface area contributed by atoms with Crippen molar-refractivity contribution in [2.75, 3.05) is 25.0 Å². The van der Waals surface area contributed by atoms with Crippen molar-refractivity contribution in [1.29, 1.82) is 0 Å². The van der Waals surface area contributed by atoms with Gasteiger partial charge in [-0.25, -0.2) is 5.06 Å². The molecule has 8 nitrogen and oxygen atoms in total. The molecule has 0 radical (unpaired) electrons. The number of para-hydroxylation sites is 1. The molecule has 4 rings (SSSR count). The van der Waals surface area contributed by atoms with Crippen LogP contribution in [0.1, 0.15) is 71.3 Å². The number of rotatable bonds is 8. The topological polar surface area (TPSA) is 102 Å². The number of nitrogens with one attached hydrogen (secondary N) is 2. The van der Waals surface area contributed by atoms with Gasteiger partial charge in [0.15, 0.2) is 0 Å². The Morgan fingerprint density at radius 3 is 2.50 bits per heavy atom. The number of piperidine rings is 1. The molecule has 1 aliphatic carbocycles. The van der Waals surface area contributed by atoms with Gasteiger partial charge in [-0.05, 0) is 48.6 Å². The van der Waals surface area contributed by atoms with Crippen LogP contribution in [0.2, 0.25) is 0 Å². The number of likely N-dealkylation sites (tertiary alicyclic amines) is 1. The van der Waals surface area contributed by atoms with E-state index in [1.807, 2.05) is 31.7 Å². The summed E-state index contributed by atoms with van der Waals surface area (Å²) in [5, 5.41) is 17.1. The first-order chi connectivity index (χ1) is 17.1. The molecular weight excluding hydrogens is 456 g/mol. The number of carbonyl (C=O) groups excluding carboxylic acids is 3. The summed E-state index contributed by atoms with van der Waals surface area (Å²) in [5.41, 5.74) is 2.04. The molecule has 2 heterocycles. The molecule has 3 N–H and O–H groups in total. The second-order valence-electron chi connectivity index (χ2n) is 12.2. The number of carbonyl (C=O) groups is 3. The molecule has 2 fully saturated rings. The lowest BCUT2D eigenvalue weighted by Crippen LogP contribution is -2.59. The monoisotopic (exact) mass is 498 g/mol. The summed E-state index contributed by atoms with van der Waals surface area (Å²) >= 11 is 0. The van der Waals surface area contributed by atoms with Crippen LogP contribution in [0, 0.1) is 17.3 Å². The van der Waals surface area contributed by atoms with E-state index in [-0.39, 0.29) is 23.9 Å². The summed E-state index contributed by atoms with van der Waals surface area (Å²) in [6, 6.07) is 7.72. The van der Waals surface area contributed by atoms with Crippen molar-refractivity contribution in [1.82, 2.24) is 15.3 Å². The van der Waals surface area contributed by atoms with Crippen molar-refractivity contribution in [3.63, 3.8) is 0 Å². The molecule has 1 spiro atoms. The maximum Gasteiger partial charge on any atom is 0.245 e. The van der Waals surface area contributed by atoms with Gasteiger partial charge in [-0.3, -0.25) is 19.6 Å². The predicted molar refractivity (Wildman–Crippen MR) is 138 cm³/mol. The van der Waals surface area contributed by atoms with Crippen molar-refractivity contribution in [3.8, 4) is 0 Å². The van der Waals surface area contributed by atoms with Crippen molar-refractivity contribution in [2.24, 2.45) is 17.3 Å². The van der Waals surface area contributed by atoms with Gasteiger partial charge in [0.1, 0.15) is 6.04 Å². The van der Waals surface area contributed by atoms with Crippen LogP contribution < -0.4 is 10.6 Å². The Labute approximate surface area is 214 Å². The number of hydrogen-bond donors (Lipinski definition) is 3. The maximum absolute atomic E-state index is 13.7. The Hall–Kier alpha value is -2.61. The van der Waals surface area contributed by atoms with Crippen molar-refractivity contribution < 1.29 is 19.6 Å². The summed E-state index contributed by atoms with van der Waals surface area (Å²) in [7, 11) is 0. The fourth-order valence-electron chi connectivity index (χ4n) is 6.22. The summed E-state index contributed by atoms with van der Waals surface area (Å²) in [5.74, 6) is -0.466. The largest absolute Gasteiger partial charge is 0.379 e. The fraction of sp³-hybridized carbons (Fsp3) is 0.679. The fourth-order valence-corrected chi connectivity index (χ4v) is 6.22. The molecule has 8 heteroatoms. The van der Waals surface area contributed by atoms with Gasteiger partial charge in [-0.15, -0.1) is 0 Å². The van der Waals surface area contributed by atoms with Crippen LogP contribution in [0.15, 0.2) is 24.3 Å². The Balaban J connectivity index is 1.41. The van der Waals surface area contributed by atoms with Gasteiger partial charge >= 0.3 is 0 Å². The Bertz CT molecular complexity index is 918. The minimum Gasteiger partial charge on any atom is -0.379 e. The first-order valence-electron chi connectivity index (χ1n) is 13.5. The third kappa shape index (κ3) is 6.02. The summed E-state index contributed by atoms with van der Waals surface area (Å²) in [4.78, 5) is 40.1. The summed E-state index contributed by atoms with van der Waals surface area (Å²) in [6.07, 6.45) is 8.06. The molecule has 2 atom stereocenters. The van der Waals surface area contributed by atoms with Crippen molar-refractivity contribution in [2.45, 2.75) is 83.7 Å². The highest BCUT2D eigenvalue weighted by Gasteiger charge is 2.43. The van der Waals surface area contributed by atoms with E-state index in [0.29, 0.717) is 36.9 Å². The molecule has 1 saturated carbocycles. The Morgan fingerprint density at radius 1 is 1.22 bits per heavy atom. The van der Waals surface area contributed by atoms with Crippen molar-refractivity contribution >= 4 is 23.9 Å². The van der Waals surface area contributed by atoms with E-state index >= 15 is 0 Å². The zero-order chi connectivity index (χ0) is 25.9. The lowest BCUT2D eigenvalue weighted by atomic mass is 9.82. The molecule has 198 valence electrons. The minimum atomic E-state index is -0.678. The number of hydrogen-bond acceptors (Lipinski definition) is 5. The second-order valence-corrected chi connectivity index (χ2v) is 12.2. The summed E-state index contributed by atoms with van der Waals surface area (Å²) in [6.45, 7) is 7.12. The number of nitrogens with zero attached hydrogens (tertiary/aromatic N) is 2.